The Labute approximate surface area is 116 Å². The quantitative estimate of drug-likeness (QED) is 0.929. The van der Waals surface area contributed by atoms with Crippen molar-refractivity contribution in [3.8, 4) is 11.5 Å². The highest BCUT2D eigenvalue weighted by atomic mass is 35.5. The van der Waals surface area contributed by atoms with E-state index in [0.29, 0.717) is 5.02 Å². The molecule has 19 heavy (non-hydrogen) atoms. The molecular weight excluding hydrogens is 264 g/mol. The van der Waals surface area contributed by atoms with E-state index in [1.807, 2.05) is 18.2 Å². The average molecular weight is 277 g/mol. The molecule has 3 rings (SSSR count). The van der Waals surface area contributed by atoms with Crippen LogP contribution in [0.3, 0.4) is 0 Å². The molecule has 0 fully saturated rings. The zero-order valence-corrected chi connectivity index (χ0v) is 11.1. The molecule has 1 N–H and O–H groups in total. The molecule has 0 radical (unpaired) electrons. The highest BCUT2D eigenvalue weighted by Gasteiger charge is 2.16. The summed E-state index contributed by atoms with van der Waals surface area (Å²) in [5.74, 6) is 1.57. The number of rotatable bonds is 3. The summed E-state index contributed by atoms with van der Waals surface area (Å²) >= 11 is 6.10. The van der Waals surface area contributed by atoms with Gasteiger partial charge in [0.2, 0.25) is 6.79 Å². The van der Waals surface area contributed by atoms with E-state index < -0.39 is 0 Å². The van der Waals surface area contributed by atoms with Crippen LogP contribution in [0.5, 0.6) is 11.5 Å². The van der Waals surface area contributed by atoms with Crippen molar-refractivity contribution < 1.29 is 9.47 Å². The summed E-state index contributed by atoms with van der Waals surface area (Å²) < 4.78 is 10.7. The predicted molar refractivity (Wildman–Crippen MR) is 73.8 cm³/mol. The second-order valence-electron chi connectivity index (χ2n) is 4.33. The Morgan fingerprint density at radius 3 is 2.95 bits per heavy atom. The van der Waals surface area contributed by atoms with E-state index >= 15 is 0 Å². The first-order valence-corrected chi connectivity index (χ1v) is 6.37. The number of ether oxygens (including phenoxy) is 2. The third kappa shape index (κ3) is 2.44. The Morgan fingerprint density at radius 1 is 1.26 bits per heavy atom. The smallest absolute Gasteiger partial charge is 0.231 e. The molecule has 0 saturated heterocycles. The van der Waals surface area contributed by atoms with Crippen LogP contribution in [0.2, 0.25) is 5.02 Å². The molecule has 1 unspecified atom stereocenters. The van der Waals surface area contributed by atoms with Gasteiger partial charge in [-0.1, -0.05) is 17.7 Å². The van der Waals surface area contributed by atoms with E-state index in [2.05, 4.69) is 17.2 Å². The topological polar surface area (TPSA) is 43.4 Å². The molecule has 2 heterocycles. The van der Waals surface area contributed by atoms with Crippen LogP contribution in [-0.4, -0.2) is 11.8 Å². The minimum Gasteiger partial charge on any atom is -0.454 e. The molecule has 98 valence electrons. The van der Waals surface area contributed by atoms with Gasteiger partial charge in [-0.25, -0.2) is 0 Å². The minimum atomic E-state index is 0.0937. The molecule has 1 aromatic carbocycles. The lowest BCUT2D eigenvalue weighted by atomic mass is 10.1. The number of hydrogen-bond acceptors (Lipinski definition) is 4. The second-order valence-corrected chi connectivity index (χ2v) is 4.74. The van der Waals surface area contributed by atoms with Gasteiger partial charge in [-0.15, -0.1) is 0 Å². The van der Waals surface area contributed by atoms with Crippen LogP contribution in [0.25, 0.3) is 0 Å². The number of aromatic nitrogens is 1. The van der Waals surface area contributed by atoms with Crippen LogP contribution in [0.4, 0.5) is 5.69 Å². The van der Waals surface area contributed by atoms with Crippen molar-refractivity contribution in [1.29, 1.82) is 0 Å². The number of pyridine rings is 1. The van der Waals surface area contributed by atoms with Gasteiger partial charge in [0.15, 0.2) is 11.5 Å². The Morgan fingerprint density at radius 2 is 2.11 bits per heavy atom. The summed E-state index contributed by atoms with van der Waals surface area (Å²) in [5, 5.41) is 3.98. The largest absolute Gasteiger partial charge is 0.454 e. The van der Waals surface area contributed by atoms with Crippen molar-refractivity contribution in [3.05, 3.63) is 47.2 Å². The molecule has 0 spiro atoms. The van der Waals surface area contributed by atoms with E-state index in [-0.39, 0.29) is 12.8 Å². The van der Waals surface area contributed by atoms with Crippen LogP contribution >= 0.6 is 11.6 Å². The van der Waals surface area contributed by atoms with Gasteiger partial charge in [0, 0.05) is 12.2 Å². The molecule has 0 aliphatic carbocycles. The SMILES string of the molecule is CC(Nc1cnccc1Cl)c1ccc2c(c1)OCO2. The molecule has 0 saturated carbocycles. The zero-order valence-electron chi connectivity index (χ0n) is 10.4. The maximum atomic E-state index is 6.10. The van der Waals surface area contributed by atoms with Crippen molar-refractivity contribution in [2.75, 3.05) is 12.1 Å². The fourth-order valence-corrected chi connectivity index (χ4v) is 2.14. The molecule has 0 amide bonds. The number of nitrogens with zero attached hydrogens (tertiary/aromatic N) is 1. The van der Waals surface area contributed by atoms with Crippen LogP contribution in [0, 0.1) is 0 Å². The first-order chi connectivity index (χ1) is 9.24. The first-order valence-electron chi connectivity index (χ1n) is 5.99. The first kappa shape index (κ1) is 12.1. The van der Waals surface area contributed by atoms with Crippen LogP contribution < -0.4 is 14.8 Å². The number of halogens is 1. The van der Waals surface area contributed by atoms with E-state index in [1.54, 1.807) is 18.5 Å². The lowest BCUT2D eigenvalue weighted by molar-refractivity contribution is 0.174. The van der Waals surface area contributed by atoms with Crippen molar-refractivity contribution >= 4 is 17.3 Å². The zero-order chi connectivity index (χ0) is 13.2. The van der Waals surface area contributed by atoms with Gasteiger partial charge in [-0.3, -0.25) is 4.98 Å². The van der Waals surface area contributed by atoms with Crippen LogP contribution in [-0.2, 0) is 0 Å². The summed E-state index contributed by atoms with van der Waals surface area (Å²) in [6, 6.07) is 7.76. The van der Waals surface area contributed by atoms with Gasteiger partial charge in [0.05, 0.1) is 16.9 Å². The van der Waals surface area contributed by atoms with E-state index in [0.717, 1.165) is 22.7 Å². The lowest BCUT2D eigenvalue weighted by Gasteiger charge is -2.16. The number of anilines is 1. The summed E-state index contributed by atoms with van der Waals surface area (Å²) in [6.45, 7) is 2.34. The van der Waals surface area contributed by atoms with Crippen molar-refractivity contribution in [2.24, 2.45) is 0 Å². The maximum Gasteiger partial charge on any atom is 0.231 e. The van der Waals surface area contributed by atoms with Gasteiger partial charge < -0.3 is 14.8 Å². The Hall–Kier alpha value is -1.94. The highest BCUT2D eigenvalue weighted by Crippen LogP contribution is 2.35. The number of benzene rings is 1. The normalized spacial score (nSPS) is 14.2. The molecule has 5 heteroatoms. The molecule has 1 aliphatic rings. The molecule has 0 bridgehead atoms. The molecule has 1 aromatic heterocycles. The number of nitrogens with one attached hydrogen (secondary N) is 1. The molecule has 1 atom stereocenters. The van der Waals surface area contributed by atoms with Crippen molar-refractivity contribution in [1.82, 2.24) is 4.98 Å². The number of hydrogen-bond donors (Lipinski definition) is 1. The van der Waals surface area contributed by atoms with Gasteiger partial charge in [-0.05, 0) is 30.7 Å². The molecular formula is C14H13ClN2O2. The monoisotopic (exact) mass is 276 g/mol. The highest BCUT2D eigenvalue weighted by molar-refractivity contribution is 6.33. The molecule has 2 aromatic rings. The fourth-order valence-electron chi connectivity index (χ4n) is 1.98. The van der Waals surface area contributed by atoms with Crippen molar-refractivity contribution in [2.45, 2.75) is 13.0 Å². The molecule has 1 aliphatic heterocycles. The van der Waals surface area contributed by atoms with Gasteiger partial charge in [0.25, 0.3) is 0 Å². The van der Waals surface area contributed by atoms with Gasteiger partial charge >= 0.3 is 0 Å². The number of fused-ring (bicyclic) bond motifs is 1. The third-order valence-corrected chi connectivity index (χ3v) is 3.37. The van der Waals surface area contributed by atoms with Crippen LogP contribution in [0.15, 0.2) is 36.7 Å². The Balaban J connectivity index is 1.81. The van der Waals surface area contributed by atoms with Gasteiger partial charge in [-0.2, -0.15) is 0 Å². The predicted octanol–water partition coefficient (Wildman–Crippen LogP) is 3.64. The second kappa shape index (κ2) is 4.97. The maximum absolute atomic E-state index is 6.10. The minimum absolute atomic E-state index is 0.0937. The summed E-state index contributed by atoms with van der Waals surface area (Å²) in [6.07, 6.45) is 3.38. The van der Waals surface area contributed by atoms with Crippen LogP contribution in [0.1, 0.15) is 18.5 Å². The van der Waals surface area contributed by atoms with E-state index in [4.69, 9.17) is 21.1 Å². The van der Waals surface area contributed by atoms with Crippen molar-refractivity contribution in [3.63, 3.8) is 0 Å². The summed E-state index contributed by atoms with van der Waals surface area (Å²) in [4.78, 5) is 4.06. The third-order valence-electron chi connectivity index (χ3n) is 3.04. The lowest BCUT2D eigenvalue weighted by Crippen LogP contribution is -2.07. The fraction of sp³-hybridized carbons (Fsp3) is 0.214. The summed E-state index contributed by atoms with van der Waals surface area (Å²) in [7, 11) is 0. The van der Waals surface area contributed by atoms with E-state index in [9.17, 15) is 0 Å². The average Bonchev–Trinajstić information content (AvgIpc) is 2.88. The Kier molecular flexibility index (Phi) is 3.17. The standard InChI is InChI=1S/C14H13ClN2O2/c1-9(17-12-7-16-5-4-11(12)15)10-2-3-13-14(6-10)19-8-18-13/h2-7,9,17H,8H2,1H3. The van der Waals surface area contributed by atoms with E-state index in [1.165, 1.54) is 0 Å². The van der Waals surface area contributed by atoms with Gasteiger partial charge in [0.1, 0.15) is 0 Å². The summed E-state index contributed by atoms with van der Waals surface area (Å²) in [5.41, 5.74) is 1.92. The molecule has 4 nitrogen and oxygen atoms in total. The Bertz CT molecular complexity index is 604.